The van der Waals surface area contributed by atoms with Gasteiger partial charge in [0.05, 0.1) is 11.5 Å². The molecule has 2 unspecified atom stereocenters. The van der Waals surface area contributed by atoms with Crippen molar-refractivity contribution in [2.24, 2.45) is 0 Å². The van der Waals surface area contributed by atoms with Gasteiger partial charge >= 0.3 is 0 Å². The fourth-order valence-electron chi connectivity index (χ4n) is 3.28. The van der Waals surface area contributed by atoms with Gasteiger partial charge in [-0.1, -0.05) is 0 Å². The summed E-state index contributed by atoms with van der Waals surface area (Å²) in [6.45, 7) is 1.95. The molecule has 0 radical (unpaired) electrons. The highest BCUT2D eigenvalue weighted by molar-refractivity contribution is 7.89. The van der Waals surface area contributed by atoms with Crippen LogP contribution in [0.4, 0.5) is 0 Å². The van der Waals surface area contributed by atoms with E-state index in [2.05, 4.69) is 14.6 Å². The van der Waals surface area contributed by atoms with Crippen molar-refractivity contribution in [2.45, 2.75) is 49.3 Å². The highest BCUT2D eigenvalue weighted by Crippen LogP contribution is 2.27. The van der Waals surface area contributed by atoms with Crippen molar-refractivity contribution in [3.63, 3.8) is 0 Å². The molecule has 0 amide bonds. The minimum atomic E-state index is -3.49. The summed E-state index contributed by atoms with van der Waals surface area (Å²) in [5.74, 6) is 0. The van der Waals surface area contributed by atoms with Crippen LogP contribution in [-0.2, 0) is 16.6 Å². The molecule has 0 saturated carbocycles. The molecule has 2 aliphatic heterocycles. The number of rotatable bonds is 4. The van der Waals surface area contributed by atoms with Crippen LogP contribution in [0.15, 0.2) is 17.2 Å². The molecule has 0 aliphatic carbocycles. The van der Waals surface area contributed by atoms with Crippen LogP contribution < -0.4 is 4.72 Å². The predicted octanol–water partition coefficient (Wildman–Crippen LogP) is 0.412. The topological polar surface area (TPSA) is 85.4 Å². The predicted molar refractivity (Wildman–Crippen MR) is 74.7 cm³/mol. The third kappa shape index (κ3) is 2.76. The number of nitrogens with one attached hydrogen (secondary N) is 2. The van der Waals surface area contributed by atoms with Crippen molar-refractivity contribution in [3.05, 3.63) is 18.0 Å². The molecule has 3 heterocycles. The van der Waals surface area contributed by atoms with Gasteiger partial charge in [0.25, 0.3) is 0 Å². The zero-order valence-electron chi connectivity index (χ0n) is 11.4. The number of fused-ring (bicyclic) bond motifs is 1. The normalized spacial score (nSPS) is 27.6. The summed E-state index contributed by atoms with van der Waals surface area (Å²) in [6, 6.07) is 2.04. The third-order valence-electron chi connectivity index (χ3n) is 4.34. The number of hydrogen-bond donors (Lipinski definition) is 3. The highest BCUT2D eigenvalue weighted by atomic mass is 32.2. The Morgan fingerprint density at radius 1 is 1.40 bits per heavy atom. The maximum atomic E-state index is 12.3. The molecule has 3 N–H and O–H groups in total. The van der Waals surface area contributed by atoms with Crippen molar-refractivity contribution in [1.29, 1.82) is 0 Å². The first-order chi connectivity index (χ1) is 9.58. The van der Waals surface area contributed by atoms with Crippen LogP contribution in [0.5, 0.6) is 0 Å². The fourth-order valence-corrected chi connectivity index (χ4v) is 4.58. The monoisotopic (exact) mass is 299 g/mol. The van der Waals surface area contributed by atoms with Crippen LogP contribution in [0, 0.1) is 0 Å². The molecule has 2 atom stereocenters. The number of sulfonamides is 1. The molecule has 0 bridgehead atoms. The molecule has 2 saturated heterocycles. The van der Waals surface area contributed by atoms with Gasteiger partial charge in [0.15, 0.2) is 0 Å². The van der Waals surface area contributed by atoms with Crippen molar-refractivity contribution < 1.29 is 13.5 Å². The SMILES string of the molecule is O=S(=O)(NC1CCN2CCCC2C1)c1c[nH]c(CO)c1. The lowest BCUT2D eigenvalue weighted by atomic mass is 9.99. The Bertz CT molecular complexity index is 569. The van der Waals surface area contributed by atoms with E-state index in [1.165, 1.54) is 25.1 Å². The first-order valence-electron chi connectivity index (χ1n) is 7.13. The summed E-state index contributed by atoms with van der Waals surface area (Å²) in [4.78, 5) is 5.43. The second-order valence-corrected chi connectivity index (χ2v) is 7.41. The summed E-state index contributed by atoms with van der Waals surface area (Å²) < 4.78 is 27.4. The lowest BCUT2D eigenvalue weighted by molar-refractivity contribution is 0.176. The largest absolute Gasteiger partial charge is 0.390 e. The molecule has 2 aliphatic rings. The summed E-state index contributed by atoms with van der Waals surface area (Å²) in [5.41, 5.74) is 0.510. The second-order valence-electron chi connectivity index (χ2n) is 5.69. The van der Waals surface area contributed by atoms with Crippen LogP contribution in [0.25, 0.3) is 0 Å². The zero-order chi connectivity index (χ0) is 14.2. The van der Waals surface area contributed by atoms with E-state index in [1.807, 2.05) is 0 Å². The number of nitrogens with zero attached hydrogens (tertiary/aromatic N) is 1. The Hall–Kier alpha value is -0.890. The van der Waals surface area contributed by atoms with E-state index in [-0.39, 0.29) is 17.5 Å². The van der Waals surface area contributed by atoms with Crippen LogP contribution >= 0.6 is 0 Å². The van der Waals surface area contributed by atoms with Gasteiger partial charge in [-0.15, -0.1) is 0 Å². The van der Waals surface area contributed by atoms with Gasteiger partial charge in [-0.05, 0) is 44.8 Å². The Morgan fingerprint density at radius 2 is 2.25 bits per heavy atom. The molecule has 112 valence electrons. The van der Waals surface area contributed by atoms with Crippen LogP contribution in [-0.4, -0.2) is 48.6 Å². The minimum absolute atomic E-state index is 0.0202. The summed E-state index contributed by atoms with van der Waals surface area (Å²) >= 11 is 0. The molecule has 0 spiro atoms. The minimum Gasteiger partial charge on any atom is -0.390 e. The van der Waals surface area contributed by atoms with Crippen LogP contribution in [0.3, 0.4) is 0 Å². The second kappa shape index (κ2) is 5.48. The molecule has 1 aromatic rings. The summed E-state index contributed by atoms with van der Waals surface area (Å²) in [6.07, 6.45) is 5.60. The number of piperidine rings is 1. The van der Waals surface area contributed by atoms with E-state index >= 15 is 0 Å². The van der Waals surface area contributed by atoms with E-state index in [4.69, 9.17) is 5.11 Å². The summed E-state index contributed by atoms with van der Waals surface area (Å²) in [7, 11) is -3.49. The van der Waals surface area contributed by atoms with Crippen LogP contribution in [0.1, 0.15) is 31.4 Å². The number of aliphatic hydroxyl groups is 1. The van der Waals surface area contributed by atoms with Gasteiger partial charge in [0.1, 0.15) is 0 Å². The van der Waals surface area contributed by atoms with Crippen molar-refractivity contribution in [2.75, 3.05) is 13.1 Å². The van der Waals surface area contributed by atoms with E-state index in [1.54, 1.807) is 0 Å². The molecular weight excluding hydrogens is 278 g/mol. The molecule has 7 heteroatoms. The van der Waals surface area contributed by atoms with E-state index in [0.717, 1.165) is 25.9 Å². The number of aromatic amines is 1. The van der Waals surface area contributed by atoms with Gasteiger partial charge in [0, 0.05) is 24.0 Å². The molecule has 20 heavy (non-hydrogen) atoms. The highest BCUT2D eigenvalue weighted by Gasteiger charge is 2.33. The van der Waals surface area contributed by atoms with Gasteiger partial charge < -0.3 is 15.0 Å². The van der Waals surface area contributed by atoms with Crippen molar-refractivity contribution >= 4 is 10.0 Å². The van der Waals surface area contributed by atoms with Crippen LogP contribution in [0.2, 0.25) is 0 Å². The van der Waals surface area contributed by atoms with Gasteiger partial charge in [-0.25, -0.2) is 13.1 Å². The quantitative estimate of drug-likeness (QED) is 0.752. The van der Waals surface area contributed by atoms with Crippen molar-refractivity contribution in [1.82, 2.24) is 14.6 Å². The lowest BCUT2D eigenvalue weighted by Gasteiger charge is -2.34. The average molecular weight is 299 g/mol. The molecule has 6 nitrogen and oxygen atoms in total. The van der Waals surface area contributed by atoms with Gasteiger partial charge in [-0.2, -0.15) is 0 Å². The Labute approximate surface area is 119 Å². The average Bonchev–Trinajstić information content (AvgIpc) is 3.06. The molecular formula is C13H21N3O3S. The molecule has 0 aromatic carbocycles. The fraction of sp³-hybridized carbons (Fsp3) is 0.692. The Balaban J connectivity index is 1.67. The molecule has 2 fully saturated rings. The van der Waals surface area contributed by atoms with E-state index in [0.29, 0.717) is 11.7 Å². The standard InChI is InChI=1S/C13H21N3O3S/c17-9-11-7-13(8-14-11)20(18,19)15-10-3-5-16-4-1-2-12(16)6-10/h7-8,10,12,14-15,17H,1-6,9H2. The first kappa shape index (κ1) is 14.1. The Morgan fingerprint density at radius 3 is 3.00 bits per heavy atom. The van der Waals surface area contributed by atoms with E-state index in [9.17, 15) is 8.42 Å². The first-order valence-corrected chi connectivity index (χ1v) is 8.61. The number of H-pyrrole nitrogens is 1. The third-order valence-corrected chi connectivity index (χ3v) is 5.84. The smallest absolute Gasteiger partial charge is 0.242 e. The van der Waals surface area contributed by atoms with Gasteiger partial charge in [0.2, 0.25) is 10.0 Å². The number of aromatic nitrogens is 1. The molecule has 1 aromatic heterocycles. The van der Waals surface area contributed by atoms with E-state index < -0.39 is 10.0 Å². The van der Waals surface area contributed by atoms with Gasteiger partial charge in [-0.3, -0.25) is 0 Å². The lowest BCUT2D eigenvalue weighted by Crippen LogP contribution is -2.47. The summed E-state index contributed by atoms with van der Waals surface area (Å²) in [5, 5.41) is 8.99. The zero-order valence-corrected chi connectivity index (χ0v) is 12.2. The maximum Gasteiger partial charge on any atom is 0.242 e. The Kier molecular flexibility index (Phi) is 3.85. The molecule has 3 rings (SSSR count). The van der Waals surface area contributed by atoms with Crippen molar-refractivity contribution in [3.8, 4) is 0 Å². The number of hydrogen-bond acceptors (Lipinski definition) is 4. The maximum absolute atomic E-state index is 12.3. The number of aliphatic hydroxyl groups excluding tert-OH is 1.